The number of aliphatic carboxylic acids is 1. The van der Waals surface area contributed by atoms with Crippen LogP contribution in [0.3, 0.4) is 0 Å². The first kappa shape index (κ1) is 11.3. The largest absolute Gasteiger partial charge is 0.504 e. The third-order valence-electron chi connectivity index (χ3n) is 2.00. The van der Waals surface area contributed by atoms with E-state index in [-0.39, 0.29) is 29.9 Å². The molecule has 0 heterocycles. The molecule has 0 unspecified atom stereocenters. The Morgan fingerprint density at radius 2 is 2.20 bits per heavy atom. The zero-order chi connectivity index (χ0) is 11.4. The smallest absolute Gasteiger partial charge is 0.303 e. The van der Waals surface area contributed by atoms with Crippen molar-refractivity contribution in [3.63, 3.8) is 0 Å². The van der Waals surface area contributed by atoms with Crippen molar-refractivity contribution in [3.8, 4) is 11.5 Å². The van der Waals surface area contributed by atoms with Gasteiger partial charge in [0.05, 0.1) is 7.11 Å². The van der Waals surface area contributed by atoms with Gasteiger partial charge in [-0.15, -0.1) is 0 Å². The zero-order valence-electron chi connectivity index (χ0n) is 8.16. The van der Waals surface area contributed by atoms with Gasteiger partial charge < -0.3 is 14.9 Å². The Morgan fingerprint density at radius 1 is 1.53 bits per heavy atom. The monoisotopic (exact) mass is 214 g/mol. The van der Waals surface area contributed by atoms with Crippen LogP contribution < -0.4 is 4.74 Å². The van der Waals surface area contributed by atoms with Crippen LogP contribution in [0.5, 0.6) is 11.5 Å². The molecule has 0 saturated heterocycles. The Kier molecular flexibility index (Phi) is 3.49. The normalized spacial score (nSPS) is 10.0. The lowest BCUT2D eigenvalue weighted by Crippen LogP contribution is -2.00. The molecule has 0 fully saturated rings. The van der Waals surface area contributed by atoms with Crippen molar-refractivity contribution in [2.75, 3.05) is 7.11 Å². The SMILES string of the molecule is COc1ccc(F)c(CCC(=O)O)c1O. The fraction of sp³-hybridized carbons (Fsp3) is 0.300. The summed E-state index contributed by atoms with van der Waals surface area (Å²) in [4.78, 5) is 10.3. The van der Waals surface area contributed by atoms with E-state index < -0.39 is 11.8 Å². The molecular weight excluding hydrogens is 203 g/mol. The summed E-state index contributed by atoms with van der Waals surface area (Å²) in [5.74, 6) is -1.87. The van der Waals surface area contributed by atoms with Crippen molar-refractivity contribution < 1.29 is 24.1 Å². The second-order valence-electron chi connectivity index (χ2n) is 2.97. The van der Waals surface area contributed by atoms with Crippen molar-refractivity contribution in [1.82, 2.24) is 0 Å². The summed E-state index contributed by atoms with van der Waals surface area (Å²) in [5, 5.41) is 18.0. The van der Waals surface area contributed by atoms with E-state index in [1.807, 2.05) is 0 Å². The fourth-order valence-corrected chi connectivity index (χ4v) is 1.22. The van der Waals surface area contributed by atoms with Crippen molar-refractivity contribution in [2.24, 2.45) is 0 Å². The number of benzene rings is 1. The van der Waals surface area contributed by atoms with Gasteiger partial charge in [-0.3, -0.25) is 4.79 Å². The minimum atomic E-state index is -1.04. The standard InChI is InChI=1S/C10H11FO4/c1-15-8-4-3-7(11)6(10(8)14)2-5-9(12)13/h3-4,14H,2,5H2,1H3,(H,12,13). The van der Waals surface area contributed by atoms with Gasteiger partial charge in [-0.2, -0.15) is 0 Å². The Bertz CT molecular complexity index is 376. The maximum atomic E-state index is 13.2. The number of hydrogen-bond acceptors (Lipinski definition) is 3. The van der Waals surface area contributed by atoms with E-state index >= 15 is 0 Å². The van der Waals surface area contributed by atoms with Crippen molar-refractivity contribution in [2.45, 2.75) is 12.8 Å². The third-order valence-corrected chi connectivity index (χ3v) is 2.00. The van der Waals surface area contributed by atoms with E-state index in [0.29, 0.717) is 0 Å². The number of phenols is 1. The molecule has 1 aromatic carbocycles. The van der Waals surface area contributed by atoms with Crippen LogP contribution in [-0.2, 0) is 11.2 Å². The van der Waals surface area contributed by atoms with Crippen LogP contribution in [0.2, 0.25) is 0 Å². The quantitative estimate of drug-likeness (QED) is 0.798. The number of carboxylic acid groups (broad SMARTS) is 1. The highest BCUT2D eigenvalue weighted by Gasteiger charge is 2.14. The molecule has 0 aliphatic carbocycles. The maximum absolute atomic E-state index is 13.2. The van der Waals surface area contributed by atoms with Gasteiger partial charge in [0.2, 0.25) is 0 Å². The summed E-state index contributed by atoms with van der Waals surface area (Å²) in [5.41, 5.74) is -0.0308. The lowest BCUT2D eigenvalue weighted by Gasteiger charge is -2.08. The molecule has 0 bridgehead atoms. The first-order chi connectivity index (χ1) is 7.06. The first-order valence-corrected chi connectivity index (χ1v) is 4.32. The fourth-order valence-electron chi connectivity index (χ4n) is 1.22. The summed E-state index contributed by atoms with van der Waals surface area (Å²) in [7, 11) is 1.34. The topological polar surface area (TPSA) is 66.8 Å². The van der Waals surface area contributed by atoms with Crippen molar-refractivity contribution >= 4 is 5.97 Å². The van der Waals surface area contributed by atoms with Gasteiger partial charge in [0, 0.05) is 12.0 Å². The van der Waals surface area contributed by atoms with Crippen LogP contribution in [0.4, 0.5) is 4.39 Å². The minimum absolute atomic E-state index is 0.0308. The number of ether oxygens (including phenoxy) is 1. The molecule has 2 N–H and O–H groups in total. The number of carboxylic acids is 1. The van der Waals surface area contributed by atoms with Crippen LogP contribution in [0.1, 0.15) is 12.0 Å². The van der Waals surface area contributed by atoms with Gasteiger partial charge in [0.1, 0.15) is 5.82 Å². The molecule has 0 aliphatic rings. The molecule has 5 heteroatoms. The molecule has 1 aromatic rings. The van der Waals surface area contributed by atoms with Gasteiger partial charge in [-0.1, -0.05) is 0 Å². The molecule has 4 nitrogen and oxygen atoms in total. The van der Waals surface area contributed by atoms with Crippen LogP contribution in [0.25, 0.3) is 0 Å². The summed E-state index contributed by atoms with van der Waals surface area (Å²) in [6.07, 6.45) is -0.304. The lowest BCUT2D eigenvalue weighted by atomic mass is 10.1. The number of rotatable bonds is 4. The third kappa shape index (κ3) is 2.59. The number of phenolic OH excluding ortho intramolecular Hbond substituents is 1. The Hall–Kier alpha value is -1.78. The Labute approximate surface area is 85.9 Å². The molecule has 0 saturated carbocycles. The highest BCUT2D eigenvalue weighted by Crippen LogP contribution is 2.32. The second kappa shape index (κ2) is 4.63. The summed E-state index contributed by atoms with van der Waals surface area (Å²) >= 11 is 0. The summed E-state index contributed by atoms with van der Waals surface area (Å²) < 4.78 is 18.0. The highest BCUT2D eigenvalue weighted by molar-refractivity contribution is 5.67. The van der Waals surface area contributed by atoms with Gasteiger partial charge in [0.15, 0.2) is 11.5 Å². The van der Waals surface area contributed by atoms with E-state index in [0.717, 1.165) is 6.07 Å². The van der Waals surface area contributed by atoms with E-state index in [1.165, 1.54) is 13.2 Å². The van der Waals surface area contributed by atoms with Crippen LogP contribution >= 0.6 is 0 Å². The van der Waals surface area contributed by atoms with Gasteiger partial charge in [-0.05, 0) is 18.6 Å². The van der Waals surface area contributed by atoms with Crippen molar-refractivity contribution in [3.05, 3.63) is 23.5 Å². The summed E-state index contributed by atoms with van der Waals surface area (Å²) in [6, 6.07) is 2.42. The van der Waals surface area contributed by atoms with Gasteiger partial charge >= 0.3 is 5.97 Å². The Balaban J connectivity index is 2.98. The van der Waals surface area contributed by atoms with E-state index in [9.17, 15) is 14.3 Å². The van der Waals surface area contributed by atoms with Gasteiger partial charge in [0.25, 0.3) is 0 Å². The number of aromatic hydroxyl groups is 1. The molecule has 0 amide bonds. The molecule has 0 aliphatic heterocycles. The second-order valence-corrected chi connectivity index (χ2v) is 2.97. The molecule has 0 radical (unpaired) electrons. The zero-order valence-corrected chi connectivity index (χ0v) is 8.16. The van der Waals surface area contributed by atoms with Crippen LogP contribution in [-0.4, -0.2) is 23.3 Å². The number of hydrogen-bond donors (Lipinski definition) is 2. The molecule has 82 valence electrons. The molecular formula is C10H11FO4. The van der Waals surface area contributed by atoms with E-state index in [2.05, 4.69) is 0 Å². The number of halogens is 1. The lowest BCUT2D eigenvalue weighted by molar-refractivity contribution is -0.136. The van der Waals surface area contributed by atoms with Gasteiger partial charge in [-0.25, -0.2) is 4.39 Å². The number of methoxy groups -OCH3 is 1. The summed E-state index contributed by atoms with van der Waals surface area (Å²) in [6.45, 7) is 0. The first-order valence-electron chi connectivity index (χ1n) is 4.32. The van der Waals surface area contributed by atoms with E-state index in [1.54, 1.807) is 0 Å². The average molecular weight is 214 g/mol. The predicted octanol–water partition coefficient (Wildman–Crippen LogP) is 1.56. The van der Waals surface area contributed by atoms with Crippen LogP contribution in [0, 0.1) is 5.82 Å². The molecule has 0 atom stereocenters. The average Bonchev–Trinajstić information content (AvgIpc) is 2.17. The maximum Gasteiger partial charge on any atom is 0.303 e. The van der Waals surface area contributed by atoms with Crippen LogP contribution in [0.15, 0.2) is 12.1 Å². The minimum Gasteiger partial charge on any atom is -0.504 e. The number of carbonyl (C=O) groups is 1. The highest BCUT2D eigenvalue weighted by atomic mass is 19.1. The molecule has 15 heavy (non-hydrogen) atoms. The predicted molar refractivity (Wildman–Crippen MR) is 50.6 cm³/mol. The molecule has 0 spiro atoms. The molecule has 1 rings (SSSR count). The Morgan fingerprint density at radius 3 is 2.73 bits per heavy atom. The van der Waals surface area contributed by atoms with Crippen molar-refractivity contribution in [1.29, 1.82) is 0 Å². The molecule has 0 aromatic heterocycles. The van der Waals surface area contributed by atoms with E-state index in [4.69, 9.17) is 9.84 Å².